The van der Waals surface area contributed by atoms with Gasteiger partial charge in [-0.05, 0) is 55.3 Å². The number of anilines is 2. The highest BCUT2D eigenvalue weighted by Gasteiger charge is 2.70. The van der Waals surface area contributed by atoms with Gasteiger partial charge in [-0.15, -0.1) is 0 Å². The number of Topliss-reactive ketones (excluding diaryl/α,β-unsaturated/α-hetero) is 2. The van der Waals surface area contributed by atoms with Crippen LogP contribution in [0.5, 0.6) is 0 Å². The van der Waals surface area contributed by atoms with E-state index in [9.17, 15) is 18.8 Å². The zero-order valence-electron chi connectivity index (χ0n) is 19.3. The average Bonchev–Trinajstić information content (AvgIpc) is 3.32. The minimum Gasteiger partial charge on any atom is -0.352 e. The lowest BCUT2D eigenvalue weighted by Gasteiger charge is -2.37. The van der Waals surface area contributed by atoms with Crippen LogP contribution >= 0.6 is 0 Å². The number of hydrogen-bond donors (Lipinski definition) is 1. The SMILES string of the molecule is CC(=O)[C@@H]1[C@H](C(=O)c2ccccc2F)[C@]2(C(=O)Nc3ccccc32)[C@@H]2C=Cc3cc(C)ccc3N12. The van der Waals surface area contributed by atoms with E-state index in [1.165, 1.54) is 25.1 Å². The van der Waals surface area contributed by atoms with Crippen molar-refractivity contribution >= 4 is 34.9 Å². The molecule has 5 nitrogen and oxygen atoms in total. The smallest absolute Gasteiger partial charge is 0.238 e. The minimum atomic E-state index is -1.40. The van der Waals surface area contributed by atoms with Gasteiger partial charge < -0.3 is 10.2 Å². The molecule has 3 aromatic carbocycles. The second kappa shape index (κ2) is 7.47. The first kappa shape index (κ1) is 21.5. The van der Waals surface area contributed by atoms with Gasteiger partial charge in [0.1, 0.15) is 11.2 Å². The van der Waals surface area contributed by atoms with E-state index in [1.54, 1.807) is 12.1 Å². The van der Waals surface area contributed by atoms with E-state index < -0.39 is 35.0 Å². The molecule has 0 aromatic heterocycles. The molecule has 1 N–H and O–H groups in total. The Morgan fingerprint density at radius 3 is 2.54 bits per heavy atom. The highest BCUT2D eigenvalue weighted by molar-refractivity contribution is 6.16. The summed E-state index contributed by atoms with van der Waals surface area (Å²) in [5.74, 6) is -2.94. The topological polar surface area (TPSA) is 66.5 Å². The van der Waals surface area contributed by atoms with Crippen molar-refractivity contribution in [1.82, 2.24) is 0 Å². The number of aryl methyl sites for hydroxylation is 1. The predicted molar refractivity (Wildman–Crippen MR) is 132 cm³/mol. The third-order valence-electron chi connectivity index (χ3n) is 7.63. The fraction of sp³-hybridized carbons (Fsp3) is 0.207. The maximum Gasteiger partial charge on any atom is 0.238 e. The molecule has 0 saturated carbocycles. The van der Waals surface area contributed by atoms with Crippen LogP contribution in [0.25, 0.3) is 6.08 Å². The Bertz CT molecular complexity index is 1460. The lowest BCUT2D eigenvalue weighted by molar-refractivity contribution is -0.122. The fourth-order valence-electron chi connectivity index (χ4n) is 6.28. The molecule has 1 fully saturated rings. The van der Waals surface area contributed by atoms with Crippen molar-refractivity contribution in [2.75, 3.05) is 10.2 Å². The highest BCUT2D eigenvalue weighted by Crippen LogP contribution is 2.57. The Hall–Kier alpha value is -4.06. The van der Waals surface area contributed by atoms with Crippen LogP contribution in [0.4, 0.5) is 15.8 Å². The van der Waals surface area contributed by atoms with E-state index in [4.69, 9.17) is 0 Å². The molecular formula is C29H23FN2O3. The number of rotatable bonds is 3. The molecule has 0 bridgehead atoms. The van der Waals surface area contributed by atoms with Gasteiger partial charge in [-0.3, -0.25) is 14.4 Å². The average molecular weight is 467 g/mol. The van der Waals surface area contributed by atoms with E-state index in [2.05, 4.69) is 5.32 Å². The van der Waals surface area contributed by atoms with Crippen molar-refractivity contribution in [3.8, 4) is 0 Å². The van der Waals surface area contributed by atoms with E-state index in [-0.39, 0.29) is 17.3 Å². The summed E-state index contributed by atoms with van der Waals surface area (Å²) in [7, 11) is 0. The van der Waals surface area contributed by atoms with Gasteiger partial charge in [0, 0.05) is 11.4 Å². The molecule has 3 heterocycles. The van der Waals surface area contributed by atoms with Gasteiger partial charge in [0.2, 0.25) is 5.91 Å². The fourth-order valence-corrected chi connectivity index (χ4v) is 6.28. The summed E-state index contributed by atoms with van der Waals surface area (Å²) in [6.45, 7) is 3.42. The first-order chi connectivity index (χ1) is 16.9. The summed E-state index contributed by atoms with van der Waals surface area (Å²) in [6, 6.07) is 17.4. The maximum atomic E-state index is 14.9. The minimum absolute atomic E-state index is 0.117. The standard InChI is InChI=1S/C29H23FN2O3/c1-16-11-13-23-18(15-16)12-14-24-29(20-8-4-6-10-22(20)31-28(29)35)25(26(17(2)33)32(23)24)27(34)19-7-3-5-9-21(19)30/h3-15,24-26H,1-2H3,(H,31,35)/t24-,25+,26+,29+/m0/s1. The van der Waals surface area contributed by atoms with Crippen molar-refractivity contribution in [1.29, 1.82) is 0 Å². The number of nitrogens with one attached hydrogen (secondary N) is 1. The lowest BCUT2D eigenvalue weighted by Crippen LogP contribution is -2.51. The molecule has 6 heteroatoms. The third-order valence-corrected chi connectivity index (χ3v) is 7.63. The first-order valence-corrected chi connectivity index (χ1v) is 11.6. The van der Waals surface area contributed by atoms with E-state index >= 15 is 0 Å². The van der Waals surface area contributed by atoms with E-state index in [0.717, 1.165) is 16.8 Å². The molecule has 3 aliphatic heterocycles. The number of ketones is 2. The normalized spacial score (nSPS) is 25.7. The summed E-state index contributed by atoms with van der Waals surface area (Å²) in [4.78, 5) is 43.4. The first-order valence-electron chi connectivity index (χ1n) is 11.6. The number of carbonyl (C=O) groups excluding carboxylic acids is 3. The van der Waals surface area contributed by atoms with Crippen LogP contribution in [0, 0.1) is 18.7 Å². The number of nitrogens with zero attached hydrogens (tertiary/aromatic N) is 1. The number of benzene rings is 3. The molecule has 35 heavy (non-hydrogen) atoms. The number of hydrogen-bond acceptors (Lipinski definition) is 4. The number of para-hydroxylation sites is 1. The lowest BCUT2D eigenvalue weighted by atomic mass is 9.64. The largest absolute Gasteiger partial charge is 0.352 e. The van der Waals surface area contributed by atoms with Crippen molar-refractivity contribution in [2.45, 2.75) is 31.3 Å². The van der Waals surface area contributed by atoms with Crippen LogP contribution in [-0.2, 0) is 15.0 Å². The van der Waals surface area contributed by atoms with Gasteiger partial charge >= 0.3 is 0 Å². The summed E-state index contributed by atoms with van der Waals surface area (Å²) in [5.41, 5.74) is 2.49. The molecule has 0 aliphatic carbocycles. The van der Waals surface area contributed by atoms with Crippen molar-refractivity contribution in [3.63, 3.8) is 0 Å². The molecule has 3 aliphatic rings. The van der Waals surface area contributed by atoms with Crippen LogP contribution in [-0.4, -0.2) is 29.6 Å². The van der Waals surface area contributed by atoms with Gasteiger partial charge in [-0.25, -0.2) is 4.39 Å². The van der Waals surface area contributed by atoms with Gasteiger partial charge in [0.15, 0.2) is 11.6 Å². The van der Waals surface area contributed by atoms with Crippen molar-refractivity contribution in [2.24, 2.45) is 5.92 Å². The Morgan fingerprint density at radius 2 is 1.77 bits per heavy atom. The Labute approximate surface area is 202 Å². The van der Waals surface area contributed by atoms with Crippen LogP contribution in [0.1, 0.15) is 34.0 Å². The third kappa shape index (κ3) is 2.77. The van der Waals surface area contributed by atoms with Gasteiger partial charge in [0.25, 0.3) is 0 Å². The van der Waals surface area contributed by atoms with Crippen molar-refractivity contribution in [3.05, 3.63) is 101 Å². The summed E-state index contributed by atoms with van der Waals surface area (Å²) >= 11 is 0. The van der Waals surface area contributed by atoms with Crippen LogP contribution < -0.4 is 10.2 Å². The molecule has 174 valence electrons. The van der Waals surface area contributed by atoms with E-state index in [1.807, 2.05) is 60.4 Å². The number of carbonyl (C=O) groups is 3. The Kier molecular flexibility index (Phi) is 4.58. The molecule has 0 unspecified atom stereocenters. The van der Waals surface area contributed by atoms with Crippen molar-refractivity contribution < 1.29 is 18.8 Å². The monoisotopic (exact) mass is 466 g/mol. The van der Waals surface area contributed by atoms with Crippen LogP contribution in [0.3, 0.4) is 0 Å². The molecule has 0 radical (unpaired) electrons. The second-order valence-electron chi connectivity index (χ2n) is 9.52. The molecular weight excluding hydrogens is 443 g/mol. The van der Waals surface area contributed by atoms with E-state index in [0.29, 0.717) is 11.3 Å². The summed E-state index contributed by atoms with van der Waals surface area (Å²) in [6.07, 6.45) is 3.86. The summed E-state index contributed by atoms with van der Waals surface area (Å²) in [5, 5.41) is 2.95. The Morgan fingerprint density at radius 1 is 1.03 bits per heavy atom. The van der Waals surface area contributed by atoms with Gasteiger partial charge in [-0.2, -0.15) is 0 Å². The van der Waals surface area contributed by atoms with Gasteiger partial charge in [-0.1, -0.05) is 54.1 Å². The van der Waals surface area contributed by atoms with Crippen LogP contribution in [0.2, 0.25) is 0 Å². The molecule has 4 atom stereocenters. The maximum absolute atomic E-state index is 14.9. The molecule has 1 spiro atoms. The molecule has 3 aromatic rings. The molecule has 1 amide bonds. The molecule has 1 saturated heterocycles. The van der Waals surface area contributed by atoms with Gasteiger partial charge in [0.05, 0.1) is 23.6 Å². The molecule has 6 rings (SSSR count). The number of halogens is 1. The quantitative estimate of drug-likeness (QED) is 0.569. The second-order valence-corrected chi connectivity index (χ2v) is 9.52. The van der Waals surface area contributed by atoms with Crippen LogP contribution in [0.15, 0.2) is 72.8 Å². The zero-order chi connectivity index (χ0) is 24.5. The highest BCUT2D eigenvalue weighted by atomic mass is 19.1. The Balaban J connectivity index is 1.67. The number of amides is 1. The predicted octanol–water partition coefficient (Wildman–Crippen LogP) is 4.70. The number of fused-ring (bicyclic) bond motifs is 6. The zero-order valence-corrected chi connectivity index (χ0v) is 19.3. The summed E-state index contributed by atoms with van der Waals surface area (Å²) < 4.78 is 14.9.